The smallest absolute Gasteiger partial charge is 0.203 e. The van der Waals surface area contributed by atoms with E-state index in [1.807, 2.05) is 12.1 Å². The zero-order chi connectivity index (χ0) is 12.8. The van der Waals surface area contributed by atoms with E-state index in [4.69, 9.17) is 25.1 Å². The number of rotatable bonds is 6. The van der Waals surface area contributed by atoms with Crippen LogP contribution < -0.4 is 19.9 Å². The fraction of sp³-hybridized carbons (Fsp3) is 0.500. The van der Waals surface area contributed by atoms with Crippen LogP contribution in [0.2, 0.25) is 0 Å². The molecule has 5 nitrogen and oxygen atoms in total. The molecule has 0 spiro atoms. The standard InChI is InChI=1S/C12H19NO4/c1-15-10-5-8(4-9(13)7-14)6-11(16-2)12(10)17-3/h5-6,9,14H,4,7,13H2,1-3H3/t9-/m1/s1. The van der Waals surface area contributed by atoms with Crippen LogP contribution in [-0.2, 0) is 6.42 Å². The molecule has 5 heteroatoms. The van der Waals surface area contributed by atoms with Crippen molar-refractivity contribution in [1.82, 2.24) is 0 Å². The van der Waals surface area contributed by atoms with E-state index in [1.54, 1.807) is 21.3 Å². The van der Waals surface area contributed by atoms with Gasteiger partial charge in [0, 0.05) is 6.04 Å². The molecule has 3 N–H and O–H groups in total. The third-order valence-corrected chi connectivity index (χ3v) is 2.46. The van der Waals surface area contributed by atoms with E-state index in [2.05, 4.69) is 0 Å². The van der Waals surface area contributed by atoms with Gasteiger partial charge in [0.2, 0.25) is 5.75 Å². The Morgan fingerprint density at radius 2 is 1.65 bits per heavy atom. The first-order chi connectivity index (χ1) is 8.15. The summed E-state index contributed by atoms with van der Waals surface area (Å²) < 4.78 is 15.7. The third-order valence-electron chi connectivity index (χ3n) is 2.46. The van der Waals surface area contributed by atoms with Gasteiger partial charge in [-0.25, -0.2) is 0 Å². The molecule has 0 aromatic heterocycles. The highest BCUT2D eigenvalue weighted by molar-refractivity contribution is 5.53. The molecule has 1 atom stereocenters. The molecule has 0 saturated carbocycles. The summed E-state index contributed by atoms with van der Waals surface area (Å²) in [6.45, 7) is -0.0589. The highest BCUT2D eigenvalue weighted by Gasteiger charge is 2.14. The van der Waals surface area contributed by atoms with Gasteiger partial charge >= 0.3 is 0 Å². The van der Waals surface area contributed by atoms with Gasteiger partial charge in [-0.15, -0.1) is 0 Å². The zero-order valence-electron chi connectivity index (χ0n) is 10.4. The lowest BCUT2D eigenvalue weighted by Crippen LogP contribution is -2.26. The van der Waals surface area contributed by atoms with E-state index in [0.717, 1.165) is 5.56 Å². The SMILES string of the molecule is COc1cc(C[C@@H](N)CO)cc(OC)c1OC. The molecule has 1 aromatic rings. The summed E-state index contributed by atoms with van der Waals surface area (Å²) in [5, 5.41) is 8.94. The van der Waals surface area contributed by atoms with Crippen molar-refractivity contribution in [2.45, 2.75) is 12.5 Å². The fourth-order valence-electron chi connectivity index (χ4n) is 1.62. The first-order valence-corrected chi connectivity index (χ1v) is 5.31. The molecule has 0 amide bonds. The topological polar surface area (TPSA) is 73.9 Å². The Labute approximate surface area is 101 Å². The Balaban J connectivity index is 3.08. The lowest BCUT2D eigenvalue weighted by molar-refractivity contribution is 0.265. The van der Waals surface area contributed by atoms with Crippen LogP contribution in [-0.4, -0.2) is 39.1 Å². The maximum absolute atomic E-state index is 8.94. The zero-order valence-corrected chi connectivity index (χ0v) is 10.4. The van der Waals surface area contributed by atoms with Gasteiger partial charge in [0.1, 0.15) is 0 Å². The second-order valence-corrected chi connectivity index (χ2v) is 3.68. The minimum absolute atomic E-state index is 0.0589. The van der Waals surface area contributed by atoms with Crippen LogP contribution in [0.5, 0.6) is 17.2 Å². The first-order valence-electron chi connectivity index (χ1n) is 5.31. The van der Waals surface area contributed by atoms with Crippen molar-refractivity contribution in [2.24, 2.45) is 5.73 Å². The summed E-state index contributed by atoms with van der Waals surface area (Å²) in [4.78, 5) is 0. The summed E-state index contributed by atoms with van der Waals surface area (Å²) in [6, 6.07) is 3.37. The third kappa shape index (κ3) is 3.25. The van der Waals surface area contributed by atoms with Gasteiger partial charge in [-0.05, 0) is 24.1 Å². The van der Waals surface area contributed by atoms with E-state index in [1.165, 1.54) is 0 Å². The molecular formula is C12H19NO4. The summed E-state index contributed by atoms with van der Waals surface area (Å²) in [5.41, 5.74) is 6.63. The summed E-state index contributed by atoms with van der Waals surface area (Å²) in [6.07, 6.45) is 0.549. The molecule has 1 rings (SSSR count). The number of ether oxygens (including phenoxy) is 3. The quantitative estimate of drug-likeness (QED) is 0.762. The summed E-state index contributed by atoms with van der Waals surface area (Å²) in [7, 11) is 4.68. The van der Waals surface area contributed by atoms with Gasteiger partial charge in [-0.3, -0.25) is 0 Å². The van der Waals surface area contributed by atoms with Crippen LogP contribution in [0.1, 0.15) is 5.56 Å². The number of benzene rings is 1. The molecule has 0 radical (unpaired) electrons. The van der Waals surface area contributed by atoms with Crippen molar-refractivity contribution in [1.29, 1.82) is 0 Å². The second kappa shape index (κ2) is 6.32. The van der Waals surface area contributed by atoms with Gasteiger partial charge in [0.15, 0.2) is 11.5 Å². The number of aliphatic hydroxyl groups is 1. The second-order valence-electron chi connectivity index (χ2n) is 3.68. The van der Waals surface area contributed by atoms with Crippen LogP contribution in [0.3, 0.4) is 0 Å². The van der Waals surface area contributed by atoms with Crippen LogP contribution in [0, 0.1) is 0 Å². The van der Waals surface area contributed by atoms with Gasteiger partial charge < -0.3 is 25.1 Å². The van der Waals surface area contributed by atoms with Gasteiger partial charge in [-0.1, -0.05) is 0 Å². The van der Waals surface area contributed by atoms with E-state index in [-0.39, 0.29) is 12.6 Å². The monoisotopic (exact) mass is 241 g/mol. The Kier molecular flexibility index (Phi) is 5.06. The Morgan fingerprint density at radius 3 is 2.00 bits per heavy atom. The van der Waals surface area contributed by atoms with Crippen molar-refractivity contribution in [3.8, 4) is 17.2 Å². The van der Waals surface area contributed by atoms with Gasteiger partial charge in [0.05, 0.1) is 27.9 Å². The van der Waals surface area contributed by atoms with Crippen LogP contribution in [0.15, 0.2) is 12.1 Å². The fourth-order valence-corrected chi connectivity index (χ4v) is 1.62. The van der Waals surface area contributed by atoms with Crippen molar-refractivity contribution < 1.29 is 19.3 Å². The maximum atomic E-state index is 8.94. The molecule has 96 valence electrons. The molecular weight excluding hydrogens is 222 g/mol. The van der Waals surface area contributed by atoms with Crippen molar-refractivity contribution in [3.05, 3.63) is 17.7 Å². The Morgan fingerprint density at radius 1 is 1.12 bits per heavy atom. The summed E-state index contributed by atoms with van der Waals surface area (Å²) in [5.74, 6) is 1.73. The molecule has 0 aliphatic carbocycles. The molecule has 17 heavy (non-hydrogen) atoms. The molecule has 0 saturated heterocycles. The number of hydrogen-bond donors (Lipinski definition) is 2. The highest BCUT2D eigenvalue weighted by atomic mass is 16.5. The van der Waals surface area contributed by atoms with Gasteiger partial charge in [0.25, 0.3) is 0 Å². The lowest BCUT2D eigenvalue weighted by atomic mass is 10.1. The van der Waals surface area contributed by atoms with E-state index >= 15 is 0 Å². The average Bonchev–Trinajstić information content (AvgIpc) is 2.37. The van der Waals surface area contributed by atoms with Crippen LogP contribution in [0.25, 0.3) is 0 Å². The average molecular weight is 241 g/mol. The molecule has 1 aromatic carbocycles. The molecule has 0 fully saturated rings. The lowest BCUT2D eigenvalue weighted by Gasteiger charge is -2.15. The number of aliphatic hydroxyl groups excluding tert-OH is 1. The minimum Gasteiger partial charge on any atom is -0.493 e. The van der Waals surface area contributed by atoms with Crippen molar-refractivity contribution >= 4 is 0 Å². The minimum atomic E-state index is -0.294. The number of methoxy groups -OCH3 is 3. The Hall–Kier alpha value is -1.46. The van der Waals surface area contributed by atoms with E-state index in [0.29, 0.717) is 23.7 Å². The number of hydrogen-bond acceptors (Lipinski definition) is 5. The molecule has 0 unspecified atom stereocenters. The van der Waals surface area contributed by atoms with E-state index in [9.17, 15) is 0 Å². The van der Waals surface area contributed by atoms with Crippen LogP contribution in [0.4, 0.5) is 0 Å². The summed E-state index contributed by atoms with van der Waals surface area (Å²) >= 11 is 0. The maximum Gasteiger partial charge on any atom is 0.203 e. The molecule has 0 aliphatic heterocycles. The van der Waals surface area contributed by atoms with Crippen molar-refractivity contribution in [3.63, 3.8) is 0 Å². The molecule has 0 bridgehead atoms. The van der Waals surface area contributed by atoms with Crippen molar-refractivity contribution in [2.75, 3.05) is 27.9 Å². The van der Waals surface area contributed by atoms with Crippen LogP contribution >= 0.6 is 0 Å². The van der Waals surface area contributed by atoms with E-state index < -0.39 is 0 Å². The Bertz CT molecular complexity index is 343. The molecule has 0 aliphatic rings. The normalized spacial score (nSPS) is 12.1. The largest absolute Gasteiger partial charge is 0.493 e. The first kappa shape index (κ1) is 13.6. The molecule has 0 heterocycles. The van der Waals surface area contributed by atoms with Gasteiger partial charge in [-0.2, -0.15) is 0 Å². The number of nitrogens with two attached hydrogens (primary N) is 1. The highest BCUT2D eigenvalue weighted by Crippen LogP contribution is 2.38. The predicted molar refractivity (Wildman–Crippen MR) is 64.9 cm³/mol. The predicted octanol–water partition coefficient (Wildman–Crippen LogP) is 0.574.